The van der Waals surface area contributed by atoms with E-state index in [0.29, 0.717) is 28.4 Å². The molecule has 0 aliphatic carbocycles. The summed E-state index contributed by atoms with van der Waals surface area (Å²) < 4.78 is 39.9. The predicted molar refractivity (Wildman–Crippen MR) is 94.2 cm³/mol. The van der Waals surface area contributed by atoms with Gasteiger partial charge in [-0.25, -0.2) is 8.42 Å². The maximum Gasteiger partial charge on any atom is 0.175 e. The standard InChI is InChI=1S/C18H20O5S/c1-21-16-7-4-15(5-8-16)13-24(19,20)11-10-14-6-9-17(22-2)18(12-14)23-3/h4-12H,13H2,1-3H3/b11-10+. The van der Waals surface area contributed by atoms with E-state index in [1.807, 2.05) is 0 Å². The highest BCUT2D eigenvalue weighted by molar-refractivity contribution is 7.93. The van der Waals surface area contributed by atoms with Crippen LogP contribution in [0.4, 0.5) is 0 Å². The quantitative estimate of drug-likeness (QED) is 0.768. The summed E-state index contributed by atoms with van der Waals surface area (Å²) in [6, 6.07) is 12.2. The van der Waals surface area contributed by atoms with E-state index in [1.54, 1.807) is 62.8 Å². The van der Waals surface area contributed by atoms with Gasteiger partial charge in [-0.2, -0.15) is 0 Å². The molecule has 2 rings (SSSR count). The first-order chi connectivity index (χ1) is 11.5. The van der Waals surface area contributed by atoms with Crippen molar-refractivity contribution in [3.63, 3.8) is 0 Å². The molecular formula is C18H20O5S. The summed E-state index contributed by atoms with van der Waals surface area (Å²) in [7, 11) is 1.27. The molecular weight excluding hydrogens is 328 g/mol. The first-order valence-electron chi connectivity index (χ1n) is 7.23. The van der Waals surface area contributed by atoms with Crippen LogP contribution in [0.15, 0.2) is 47.9 Å². The summed E-state index contributed by atoms with van der Waals surface area (Å²) in [6.45, 7) is 0. The first kappa shape index (κ1) is 17.9. The zero-order valence-electron chi connectivity index (χ0n) is 13.9. The summed E-state index contributed by atoms with van der Waals surface area (Å²) >= 11 is 0. The van der Waals surface area contributed by atoms with Crippen molar-refractivity contribution in [3.8, 4) is 17.2 Å². The monoisotopic (exact) mass is 348 g/mol. The molecule has 0 unspecified atom stereocenters. The minimum absolute atomic E-state index is 0.0687. The first-order valence-corrected chi connectivity index (χ1v) is 8.95. The highest BCUT2D eigenvalue weighted by atomic mass is 32.2. The maximum absolute atomic E-state index is 12.2. The van der Waals surface area contributed by atoms with Gasteiger partial charge in [-0.3, -0.25) is 0 Å². The van der Waals surface area contributed by atoms with Gasteiger partial charge in [-0.1, -0.05) is 18.2 Å². The molecule has 0 saturated carbocycles. The molecule has 0 bridgehead atoms. The van der Waals surface area contributed by atoms with E-state index >= 15 is 0 Å². The van der Waals surface area contributed by atoms with Gasteiger partial charge >= 0.3 is 0 Å². The molecule has 0 aromatic heterocycles. The predicted octanol–water partition coefficient (Wildman–Crippen LogP) is 3.30. The molecule has 0 spiro atoms. The fourth-order valence-corrected chi connectivity index (χ4v) is 3.26. The molecule has 5 nitrogen and oxygen atoms in total. The number of hydrogen-bond acceptors (Lipinski definition) is 5. The van der Waals surface area contributed by atoms with E-state index in [4.69, 9.17) is 14.2 Å². The van der Waals surface area contributed by atoms with Gasteiger partial charge in [-0.15, -0.1) is 0 Å². The van der Waals surface area contributed by atoms with Crippen LogP contribution in [0.25, 0.3) is 6.08 Å². The van der Waals surface area contributed by atoms with Crippen LogP contribution in [-0.4, -0.2) is 29.7 Å². The molecule has 0 N–H and O–H groups in total. The van der Waals surface area contributed by atoms with E-state index in [1.165, 1.54) is 12.5 Å². The van der Waals surface area contributed by atoms with Gasteiger partial charge in [0.05, 0.1) is 27.1 Å². The fraction of sp³-hybridized carbons (Fsp3) is 0.222. The Balaban J connectivity index is 2.14. The third kappa shape index (κ3) is 4.76. The second-order valence-electron chi connectivity index (χ2n) is 5.07. The number of rotatable bonds is 7. The van der Waals surface area contributed by atoms with Crippen molar-refractivity contribution >= 4 is 15.9 Å². The number of ether oxygens (including phenoxy) is 3. The van der Waals surface area contributed by atoms with Crippen LogP contribution in [0, 0.1) is 0 Å². The number of sulfone groups is 1. The van der Waals surface area contributed by atoms with Gasteiger partial charge in [0.15, 0.2) is 21.3 Å². The Morgan fingerprint density at radius 3 is 2.12 bits per heavy atom. The third-order valence-corrected chi connectivity index (χ3v) is 4.69. The Morgan fingerprint density at radius 1 is 0.875 bits per heavy atom. The Hall–Kier alpha value is -2.47. The Kier molecular flexibility index (Phi) is 5.87. The lowest BCUT2D eigenvalue weighted by Crippen LogP contribution is -2.00. The molecule has 0 radical (unpaired) electrons. The molecule has 2 aromatic rings. The zero-order chi connectivity index (χ0) is 17.6. The highest BCUT2D eigenvalue weighted by Gasteiger charge is 2.09. The average molecular weight is 348 g/mol. The largest absolute Gasteiger partial charge is 0.497 e. The molecule has 6 heteroatoms. The van der Waals surface area contributed by atoms with Gasteiger partial charge in [0.25, 0.3) is 0 Å². The Labute approximate surface area is 142 Å². The third-order valence-electron chi connectivity index (χ3n) is 3.40. The van der Waals surface area contributed by atoms with E-state index in [0.717, 1.165) is 0 Å². The SMILES string of the molecule is COc1ccc(CS(=O)(=O)/C=C/c2ccc(OC)c(OC)c2)cc1. The minimum Gasteiger partial charge on any atom is -0.497 e. The normalized spacial score (nSPS) is 11.5. The number of benzene rings is 2. The van der Waals surface area contributed by atoms with Gasteiger partial charge in [-0.05, 0) is 41.5 Å². The maximum atomic E-state index is 12.2. The molecule has 0 heterocycles. The van der Waals surface area contributed by atoms with Gasteiger partial charge in [0, 0.05) is 5.41 Å². The van der Waals surface area contributed by atoms with Crippen LogP contribution in [0.2, 0.25) is 0 Å². The van der Waals surface area contributed by atoms with Crippen LogP contribution in [0.1, 0.15) is 11.1 Å². The van der Waals surface area contributed by atoms with Crippen molar-refractivity contribution in [1.29, 1.82) is 0 Å². The topological polar surface area (TPSA) is 61.8 Å². The van der Waals surface area contributed by atoms with Crippen molar-refractivity contribution in [2.75, 3.05) is 21.3 Å². The summed E-state index contributed by atoms with van der Waals surface area (Å²) in [4.78, 5) is 0. The molecule has 0 aliphatic heterocycles. The summed E-state index contributed by atoms with van der Waals surface area (Å²) in [6.07, 6.45) is 1.54. The van der Waals surface area contributed by atoms with Crippen LogP contribution in [0.3, 0.4) is 0 Å². The summed E-state index contributed by atoms with van der Waals surface area (Å²) in [5, 5.41) is 1.21. The van der Waals surface area contributed by atoms with Crippen LogP contribution in [0.5, 0.6) is 17.2 Å². The number of methoxy groups -OCH3 is 3. The van der Waals surface area contributed by atoms with Crippen LogP contribution in [-0.2, 0) is 15.6 Å². The Morgan fingerprint density at radius 2 is 1.54 bits per heavy atom. The lowest BCUT2D eigenvalue weighted by Gasteiger charge is -2.07. The molecule has 0 atom stereocenters. The smallest absolute Gasteiger partial charge is 0.175 e. The van der Waals surface area contributed by atoms with E-state index in [2.05, 4.69) is 0 Å². The van der Waals surface area contributed by atoms with Crippen molar-refractivity contribution in [1.82, 2.24) is 0 Å². The lowest BCUT2D eigenvalue weighted by molar-refractivity contribution is 0.355. The summed E-state index contributed by atoms with van der Waals surface area (Å²) in [5.41, 5.74) is 1.42. The van der Waals surface area contributed by atoms with Crippen molar-refractivity contribution in [2.45, 2.75) is 5.75 Å². The Bertz CT molecular complexity index is 808. The molecule has 0 amide bonds. The van der Waals surface area contributed by atoms with Gasteiger partial charge in [0.1, 0.15) is 5.75 Å². The molecule has 2 aromatic carbocycles. The summed E-state index contributed by atoms with van der Waals surface area (Å²) in [5.74, 6) is 1.76. The average Bonchev–Trinajstić information content (AvgIpc) is 2.60. The van der Waals surface area contributed by atoms with E-state index in [9.17, 15) is 8.42 Å². The molecule has 24 heavy (non-hydrogen) atoms. The number of hydrogen-bond donors (Lipinski definition) is 0. The van der Waals surface area contributed by atoms with E-state index in [-0.39, 0.29) is 5.75 Å². The van der Waals surface area contributed by atoms with E-state index < -0.39 is 9.84 Å². The van der Waals surface area contributed by atoms with Crippen molar-refractivity contribution in [2.24, 2.45) is 0 Å². The zero-order valence-corrected chi connectivity index (χ0v) is 14.7. The molecule has 0 saturated heterocycles. The van der Waals surface area contributed by atoms with Gasteiger partial charge < -0.3 is 14.2 Å². The molecule has 128 valence electrons. The van der Waals surface area contributed by atoms with Crippen molar-refractivity contribution < 1.29 is 22.6 Å². The second kappa shape index (κ2) is 7.88. The molecule has 0 aliphatic rings. The van der Waals surface area contributed by atoms with Gasteiger partial charge in [0.2, 0.25) is 0 Å². The highest BCUT2D eigenvalue weighted by Crippen LogP contribution is 2.28. The van der Waals surface area contributed by atoms with Crippen molar-refractivity contribution in [3.05, 3.63) is 59.0 Å². The van der Waals surface area contributed by atoms with Crippen LogP contribution < -0.4 is 14.2 Å². The fourth-order valence-electron chi connectivity index (χ4n) is 2.14. The minimum atomic E-state index is -3.38. The lowest BCUT2D eigenvalue weighted by atomic mass is 10.2. The van der Waals surface area contributed by atoms with Crippen LogP contribution >= 0.6 is 0 Å². The second-order valence-corrected chi connectivity index (χ2v) is 6.96. The molecule has 0 fully saturated rings.